The Labute approximate surface area is 123 Å². The van der Waals surface area contributed by atoms with Gasteiger partial charge in [0.2, 0.25) is 5.91 Å². The third kappa shape index (κ3) is 4.51. The molecule has 0 saturated carbocycles. The monoisotopic (exact) mass is 292 g/mol. The second-order valence-corrected chi connectivity index (χ2v) is 5.31. The van der Waals surface area contributed by atoms with Crippen LogP contribution < -0.4 is 11.1 Å². The molecule has 7 nitrogen and oxygen atoms in total. The van der Waals surface area contributed by atoms with Crippen LogP contribution in [-0.2, 0) is 4.79 Å². The van der Waals surface area contributed by atoms with Gasteiger partial charge in [0.05, 0.1) is 11.5 Å². The van der Waals surface area contributed by atoms with E-state index in [9.17, 15) is 14.9 Å². The summed E-state index contributed by atoms with van der Waals surface area (Å²) in [5, 5.41) is 13.3. The fraction of sp³-hybridized carbons (Fsp3) is 0.500. The van der Waals surface area contributed by atoms with Crippen LogP contribution in [0, 0.1) is 16.0 Å². The van der Waals surface area contributed by atoms with Gasteiger partial charge in [-0.15, -0.1) is 0 Å². The lowest BCUT2D eigenvalue weighted by atomic mass is 9.97. The third-order valence-electron chi connectivity index (χ3n) is 3.77. The Hall–Kier alpha value is -1.99. The van der Waals surface area contributed by atoms with Crippen LogP contribution in [0.1, 0.15) is 12.8 Å². The molecule has 21 heavy (non-hydrogen) atoms. The maximum Gasteiger partial charge on any atom is 0.269 e. The maximum atomic E-state index is 11.9. The fourth-order valence-corrected chi connectivity index (χ4v) is 2.45. The normalized spacial score (nSPS) is 16.6. The highest BCUT2D eigenvalue weighted by molar-refractivity contribution is 5.92. The summed E-state index contributed by atoms with van der Waals surface area (Å²) in [5.41, 5.74) is 6.22. The quantitative estimate of drug-likeness (QED) is 0.627. The van der Waals surface area contributed by atoms with Crippen LogP contribution >= 0.6 is 0 Å². The zero-order valence-electron chi connectivity index (χ0n) is 11.8. The van der Waals surface area contributed by atoms with Crippen LogP contribution in [0.15, 0.2) is 24.3 Å². The van der Waals surface area contributed by atoms with E-state index < -0.39 is 4.92 Å². The summed E-state index contributed by atoms with van der Waals surface area (Å²) in [6, 6.07) is 5.83. The highest BCUT2D eigenvalue weighted by Crippen LogP contribution is 2.17. The van der Waals surface area contributed by atoms with Crippen molar-refractivity contribution >= 4 is 17.3 Å². The number of non-ortho nitro benzene ring substituents is 1. The summed E-state index contributed by atoms with van der Waals surface area (Å²) in [6.07, 6.45) is 2.06. The van der Waals surface area contributed by atoms with E-state index in [0.717, 1.165) is 25.9 Å². The number of anilines is 1. The van der Waals surface area contributed by atoms with Crippen molar-refractivity contribution in [3.63, 3.8) is 0 Å². The molecule has 3 N–H and O–H groups in total. The van der Waals surface area contributed by atoms with E-state index in [1.807, 2.05) is 0 Å². The lowest BCUT2D eigenvalue weighted by Gasteiger charge is -2.30. The minimum absolute atomic E-state index is 0.0110. The van der Waals surface area contributed by atoms with E-state index in [1.165, 1.54) is 24.3 Å². The topological polar surface area (TPSA) is 102 Å². The van der Waals surface area contributed by atoms with Crippen molar-refractivity contribution in [1.82, 2.24) is 4.90 Å². The SMILES string of the molecule is NCC1CCN(CC(=O)Nc2ccc([N+](=O)[O-])cc2)CC1. The van der Waals surface area contributed by atoms with Gasteiger partial charge in [-0.3, -0.25) is 19.8 Å². The molecule has 0 bridgehead atoms. The first kappa shape index (κ1) is 15.4. The number of nitro groups is 1. The van der Waals surface area contributed by atoms with Crippen molar-refractivity contribution < 1.29 is 9.72 Å². The molecule has 0 aromatic heterocycles. The summed E-state index contributed by atoms with van der Waals surface area (Å²) >= 11 is 0. The van der Waals surface area contributed by atoms with E-state index >= 15 is 0 Å². The van der Waals surface area contributed by atoms with Crippen molar-refractivity contribution in [2.75, 3.05) is 31.5 Å². The average Bonchev–Trinajstić information content (AvgIpc) is 2.48. The molecule has 0 atom stereocenters. The Morgan fingerprint density at radius 2 is 1.95 bits per heavy atom. The maximum absolute atomic E-state index is 11.9. The molecule has 1 saturated heterocycles. The number of rotatable bonds is 5. The standard InChI is InChI=1S/C14H20N4O3/c15-9-11-5-7-17(8-6-11)10-14(19)16-12-1-3-13(4-2-12)18(20)21/h1-4,11H,5-10,15H2,(H,16,19). The first-order valence-corrected chi connectivity index (χ1v) is 7.05. The van der Waals surface area contributed by atoms with Gasteiger partial charge >= 0.3 is 0 Å². The van der Waals surface area contributed by atoms with Crippen LogP contribution in [0.2, 0.25) is 0 Å². The summed E-state index contributed by atoms with van der Waals surface area (Å²) in [4.78, 5) is 24.1. The van der Waals surface area contributed by atoms with Gasteiger partial charge in [0.1, 0.15) is 0 Å². The van der Waals surface area contributed by atoms with Crippen molar-refractivity contribution in [2.45, 2.75) is 12.8 Å². The number of nitrogens with zero attached hydrogens (tertiary/aromatic N) is 2. The van der Waals surface area contributed by atoms with Gasteiger partial charge in [0, 0.05) is 17.8 Å². The molecule has 1 aromatic carbocycles. The molecular weight excluding hydrogens is 272 g/mol. The van der Waals surface area contributed by atoms with E-state index in [2.05, 4.69) is 10.2 Å². The second kappa shape index (κ2) is 7.14. The summed E-state index contributed by atoms with van der Waals surface area (Å²) in [6.45, 7) is 2.82. The van der Waals surface area contributed by atoms with E-state index in [-0.39, 0.29) is 11.6 Å². The number of carbonyl (C=O) groups is 1. The molecule has 1 aliphatic heterocycles. The predicted octanol–water partition coefficient (Wildman–Crippen LogP) is 1.20. The van der Waals surface area contributed by atoms with Crippen LogP contribution in [0.4, 0.5) is 11.4 Å². The zero-order valence-corrected chi connectivity index (χ0v) is 11.8. The van der Waals surface area contributed by atoms with Crippen molar-refractivity contribution in [3.8, 4) is 0 Å². The lowest BCUT2D eigenvalue weighted by molar-refractivity contribution is -0.384. The number of benzene rings is 1. The Balaban J connectivity index is 1.80. The summed E-state index contributed by atoms with van der Waals surface area (Å²) in [7, 11) is 0. The number of carbonyl (C=O) groups excluding carboxylic acids is 1. The first-order chi connectivity index (χ1) is 10.1. The van der Waals surface area contributed by atoms with Gasteiger partial charge in [-0.1, -0.05) is 0 Å². The van der Waals surface area contributed by atoms with Gasteiger partial charge in [0.25, 0.3) is 5.69 Å². The van der Waals surface area contributed by atoms with Crippen molar-refractivity contribution in [1.29, 1.82) is 0 Å². The number of hydrogen-bond donors (Lipinski definition) is 2. The van der Waals surface area contributed by atoms with E-state index in [4.69, 9.17) is 5.73 Å². The summed E-state index contributed by atoms with van der Waals surface area (Å²) < 4.78 is 0. The number of hydrogen-bond acceptors (Lipinski definition) is 5. The van der Waals surface area contributed by atoms with Crippen LogP contribution in [0.25, 0.3) is 0 Å². The molecule has 0 unspecified atom stereocenters. The Bertz CT molecular complexity index is 495. The Kier molecular flexibility index (Phi) is 5.24. The Morgan fingerprint density at radius 1 is 1.33 bits per heavy atom. The number of amides is 1. The van der Waals surface area contributed by atoms with Gasteiger partial charge < -0.3 is 11.1 Å². The number of nitro benzene ring substituents is 1. The fourth-order valence-electron chi connectivity index (χ4n) is 2.45. The lowest BCUT2D eigenvalue weighted by Crippen LogP contribution is -2.40. The minimum Gasteiger partial charge on any atom is -0.330 e. The number of nitrogens with two attached hydrogens (primary N) is 1. The third-order valence-corrected chi connectivity index (χ3v) is 3.77. The van der Waals surface area contributed by atoms with E-state index in [1.54, 1.807) is 0 Å². The molecule has 7 heteroatoms. The van der Waals surface area contributed by atoms with Gasteiger partial charge in [-0.05, 0) is 50.5 Å². The average molecular weight is 292 g/mol. The zero-order chi connectivity index (χ0) is 15.2. The largest absolute Gasteiger partial charge is 0.330 e. The number of nitrogens with one attached hydrogen (secondary N) is 1. The first-order valence-electron chi connectivity index (χ1n) is 7.05. The molecular formula is C14H20N4O3. The molecule has 0 spiro atoms. The van der Waals surface area contributed by atoms with Crippen molar-refractivity contribution in [2.24, 2.45) is 11.7 Å². The highest BCUT2D eigenvalue weighted by atomic mass is 16.6. The van der Waals surface area contributed by atoms with Crippen molar-refractivity contribution in [3.05, 3.63) is 34.4 Å². The molecule has 0 radical (unpaired) electrons. The van der Waals surface area contributed by atoms with Crippen LogP contribution in [0.5, 0.6) is 0 Å². The molecule has 1 aromatic rings. The predicted molar refractivity (Wildman–Crippen MR) is 79.9 cm³/mol. The number of likely N-dealkylation sites (tertiary alicyclic amines) is 1. The van der Waals surface area contributed by atoms with Gasteiger partial charge in [0.15, 0.2) is 0 Å². The smallest absolute Gasteiger partial charge is 0.269 e. The minimum atomic E-state index is -0.465. The van der Waals surface area contributed by atoms with Crippen LogP contribution in [0.3, 0.4) is 0 Å². The van der Waals surface area contributed by atoms with E-state index in [0.29, 0.717) is 24.7 Å². The molecule has 1 aliphatic rings. The molecule has 1 fully saturated rings. The van der Waals surface area contributed by atoms with Crippen LogP contribution in [-0.4, -0.2) is 41.9 Å². The molecule has 0 aliphatic carbocycles. The number of piperidine rings is 1. The van der Waals surface area contributed by atoms with Gasteiger partial charge in [-0.2, -0.15) is 0 Å². The second-order valence-electron chi connectivity index (χ2n) is 5.31. The summed E-state index contributed by atoms with van der Waals surface area (Å²) in [5.74, 6) is 0.467. The molecule has 1 heterocycles. The molecule has 2 rings (SSSR count). The Morgan fingerprint density at radius 3 is 2.48 bits per heavy atom. The molecule has 114 valence electrons. The van der Waals surface area contributed by atoms with Gasteiger partial charge in [-0.25, -0.2) is 0 Å². The highest BCUT2D eigenvalue weighted by Gasteiger charge is 2.19. The molecule has 1 amide bonds.